The lowest BCUT2D eigenvalue weighted by atomic mass is 10.1. The van der Waals surface area contributed by atoms with Gasteiger partial charge in [-0.1, -0.05) is 23.2 Å². The summed E-state index contributed by atoms with van der Waals surface area (Å²) < 4.78 is 0. The summed E-state index contributed by atoms with van der Waals surface area (Å²) in [7, 11) is 0. The third kappa shape index (κ3) is 3.85. The van der Waals surface area contributed by atoms with Crippen LogP contribution in [0.25, 0.3) is 0 Å². The quantitative estimate of drug-likeness (QED) is 0.901. The number of aliphatic hydroxyl groups is 1. The van der Waals surface area contributed by atoms with Gasteiger partial charge in [0.2, 0.25) is 5.91 Å². The number of rotatable bonds is 3. The highest BCUT2D eigenvalue weighted by Gasteiger charge is 2.26. The molecule has 1 aliphatic rings. The Labute approximate surface area is 128 Å². The molecule has 6 heteroatoms. The van der Waals surface area contributed by atoms with Crippen LogP contribution in [-0.2, 0) is 4.79 Å². The maximum absolute atomic E-state index is 12.2. The molecule has 1 aromatic carbocycles. The molecule has 1 saturated heterocycles. The molecule has 0 saturated carbocycles. The fourth-order valence-corrected chi connectivity index (χ4v) is 2.62. The number of anilines is 1. The Bertz CT molecular complexity index is 496. The summed E-state index contributed by atoms with van der Waals surface area (Å²) in [5.41, 5.74) is 0.619. The molecule has 0 spiro atoms. The van der Waals surface area contributed by atoms with E-state index in [0.29, 0.717) is 22.3 Å². The number of carbonyl (C=O) groups is 1. The highest BCUT2D eigenvalue weighted by atomic mass is 35.5. The first-order valence-corrected chi connectivity index (χ1v) is 7.41. The van der Waals surface area contributed by atoms with Crippen molar-refractivity contribution in [3.63, 3.8) is 0 Å². The molecule has 2 unspecified atom stereocenters. The minimum absolute atomic E-state index is 0.113. The van der Waals surface area contributed by atoms with Gasteiger partial charge in [0.05, 0.1) is 22.2 Å². The van der Waals surface area contributed by atoms with Gasteiger partial charge in [-0.05, 0) is 44.5 Å². The molecule has 1 fully saturated rings. The van der Waals surface area contributed by atoms with Gasteiger partial charge in [0.1, 0.15) is 0 Å². The first kappa shape index (κ1) is 15.6. The van der Waals surface area contributed by atoms with Crippen LogP contribution < -0.4 is 5.32 Å². The van der Waals surface area contributed by atoms with E-state index in [1.807, 2.05) is 11.8 Å². The summed E-state index contributed by atoms with van der Waals surface area (Å²) in [6.45, 7) is 3.20. The summed E-state index contributed by atoms with van der Waals surface area (Å²) >= 11 is 11.8. The molecule has 1 heterocycles. The fourth-order valence-electron chi connectivity index (χ4n) is 2.32. The second-order valence-electron chi connectivity index (χ2n) is 5.09. The first-order chi connectivity index (χ1) is 9.47. The molecule has 20 heavy (non-hydrogen) atoms. The predicted octanol–water partition coefficient (Wildman–Crippen LogP) is 2.78. The number of benzene rings is 1. The van der Waals surface area contributed by atoms with E-state index in [9.17, 15) is 9.90 Å². The van der Waals surface area contributed by atoms with Crippen LogP contribution in [-0.4, -0.2) is 41.1 Å². The van der Waals surface area contributed by atoms with Crippen LogP contribution in [0, 0.1) is 0 Å². The average Bonchev–Trinajstić information content (AvgIpc) is 2.42. The van der Waals surface area contributed by atoms with Crippen LogP contribution in [0.2, 0.25) is 10.0 Å². The molecule has 1 aromatic rings. The number of amides is 1. The van der Waals surface area contributed by atoms with Gasteiger partial charge in [-0.2, -0.15) is 0 Å². The lowest BCUT2D eigenvalue weighted by Crippen LogP contribution is -2.48. The lowest BCUT2D eigenvalue weighted by Gasteiger charge is -2.33. The lowest BCUT2D eigenvalue weighted by molar-refractivity contribution is -0.121. The predicted molar refractivity (Wildman–Crippen MR) is 81.4 cm³/mol. The third-order valence-electron chi connectivity index (χ3n) is 3.54. The van der Waals surface area contributed by atoms with Crippen LogP contribution in [0.5, 0.6) is 0 Å². The molecular weight excluding hydrogens is 299 g/mol. The normalized spacial score (nSPS) is 21.5. The number of piperidine rings is 1. The van der Waals surface area contributed by atoms with Gasteiger partial charge in [0, 0.05) is 12.2 Å². The number of carbonyl (C=O) groups excluding carboxylic acids is 1. The summed E-state index contributed by atoms with van der Waals surface area (Å²) in [4.78, 5) is 14.2. The molecule has 0 radical (unpaired) electrons. The van der Waals surface area contributed by atoms with Crippen molar-refractivity contribution < 1.29 is 9.90 Å². The smallest absolute Gasteiger partial charge is 0.241 e. The maximum Gasteiger partial charge on any atom is 0.241 e. The van der Waals surface area contributed by atoms with E-state index in [4.69, 9.17) is 23.2 Å². The Balaban J connectivity index is 1.98. The highest BCUT2D eigenvalue weighted by Crippen LogP contribution is 2.25. The first-order valence-electron chi connectivity index (χ1n) is 6.65. The summed E-state index contributed by atoms with van der Waals surface area (Å²) in [5, 5.41) is 13.3. The standard InChI is InChI=1S/C14H18Cl2N2O2/c1-9(18-6-2-3-11(19)8-18)14(20)17-10-4-5-12(15)13(16)7-10/h4-5,7,9,11,19H,2-3,6,8H2,1H3,(H,17,20). The zero-order valence-corrected chi connectivity index (χ0v) is 12.8. The van der Waals surface area contributed by atoms with E-state index >= 15 is 0 Å². The van der Waals surface area contributed by atoms with Gasteiger partial charge in [0.25, 0.3) is 0 Å². The largest absolute Gasteiger partial charge is 0.392 e. The van der Waals surface area contributed by atoms with Gasteiger partial charge < -0.3 is 10.4 Å². The van der Waals surface area contributed by atoms with Crippen LogP contribution in [0.3, 0.4) is 0 Å². The van der Waals surface area contributed by atoms with Crippen molar-refractivity contribution >= 4 is 34.8 Å². The molecule has 4 nitrogen and oxygen atoms in total. The maximum atomic E-state index is 12.2. The van der Waals surface area contributed by atoms with Crippen LogP contribution in [0.15, 0.2) is 18.2 Å². The Morgan fingerprint density at radius 1 is 1.45 bits per heavy atom. The van der Waals surface area contributed by atoms with E-state index in [2.05, 4.69) is 5.32 Å². The Morgan fingerprint density at radius 3 is 2.85 bits per heavy atom. The summed E-state index contributed by atoms with van der Waals surface area (Å²) in [5.74, 6) is -0.113. The molecule has 2 N–H and O–H groups in total. The van der Waals surface area contributed by atoms with Crippen molar-refractivity contribution in [3.05, 3.63) is 28.2 Å². The molecule has 0 aromatic heterocycles. The van der Waals surface area contributed by atoms with Crippen LogP contribution in [0.4, 0.5) is 5.69 Å². The molecule has 1 amide bonds. The van der Waals surface area contributed by atoms with Crippen molar-refractivity contribution in [1.82, 2.24) is 4.90 Å². The second kappa shape index (κ2) is 6.76. The molecular formula is C14H18Cl2N2O2. The van der Waals surface area contributed by atoms with Gasteiger partial charge in [-0.3, -0.25) is 9.69 Å². The van der Waals surface area contributed by atoms with Gasteiger partial charge in [-0.15, -0.1) is 0 Å². The van der Waals surface area contributed by atoms with Gasteiger partial charge >= 0.3 is 0 Å². The molecule has 1 aliphatic heterocycles. The second-order valence-corrected chi connectivity index (χ2v) is 5.90. The Hall–Kier alpha value is -0.810. The van der Waals surface area contributed by atoms with E-state index < -0.39 is 0 Å². The number of β-amino-alcohol motifs (C(OH)–C–C–N with tert-alkyl or cyclic N) is 1. The minimum atomic E-state index is -0.344. The fraction of sp³-hybridized carbons (Fsp3) is 0.500. The zero-order chi connectivity index (χ0) is 14.7. The van der Waals surface area contributed by atoms with Crippen molar-refractivity contribution in [2.75, 3.05) is 18.4 Å². The van der Waals surface area contributed by atoms with E-state index in [-0.39, 0.29) is 18.1 Å². The van der Waals surface area contributed by atoms with Crippen molar-refractivity contribution in [2.24, 2.45) is 0 Å². The number of likely N-dealkylation sites (tertiary alicyclic amines) is 1. The van der Waals surface area contributed by atoms with Crippen molar-refractivity contribution in [2.45, 2.75) is 31.9 Å². The molecule has 110 valence electrons. The minimum Gasteiger partial charge on any atom is -0.392 e. The molecule has 2 atom stereocenters. The monoisotopic (exact) mass is 316 g/mol. The molecule has 2 rings (SSSR count). The highest BCUT2D eigenvalue weighted by molar-refractivity contribution is 6.42. The number of hydrogen-bond donors (Lipinski definition) is 2. The van der Waals surface area contributed by atoms with Gasteiger partial charge in [-0.25, -0.2) is 0 Å². The van der Waals surface area contributed by atoms with Crippen LogP contribution in [0.1, 0.15) is 19.8 Å². The Morgan fingerprint density at radius 2 is 2.20 bits per heavy atom. The zero-order valence-electron chi connectivity index (χ0n) is 11.3. The van der Waals surface area contributed by atoms with Crippen molar-refractivity contribution in [1.29, 1.82) is 0 Å². The van der Waals surface area contributed by atoms with Crippen LogP contribution >= 0.6 is 23.2 Å². The number of hydrogen-bond acceptors (Lipinski definition) is 3. The SMILES string of the molecule is CC(C(=O)Nc1ccc(Cl)c(Cl)c1)N1CCCC(O)C1. The average molecular weight is 317 g/mol. The number of aliphatic hydroxyl groups excluding tert-OH is 1. The van der Waals surface area contributed by atoms with E-state index in [1.54, 1.807) is 18.2 Å². The number of halogens is 2. The van der Waals surface area contributed by atoms with Crippen molar-refractivity contribution in [3.8, 4) is 0 Å². The Kier molecular flexibility index (Phi) is 5.27. The number of nitrogens with zero attached hydrogens (tertiary/aromatic N) is 1. The summed E-state index contributed by atoms with van der Waals surface area (Å²) in [6.07, 6.45) is 1.37. The molecule has 0 aliphatic carbocycles. The van der Waals surface area contributed by atoms with Gasteiger partial charge in [0.15, 0.2) is 0 Å². The molecule has 0 bridgehead atoms. The number of nitrogens with one attached hydrogen (secondary N) is 1. The van der Waals surface area contributed by atoms with E-state index in [0.717, 1.165) is 19.4 Å². The topological polar surface area (TPSA) is 52.6 Å². The summed E-state index contributed by atoms with van der Waals surface area (Å²) in [6, 6.07) is 4.69. The van der Waals surface area contributed by atoms with E-state index in [1.165, 1.54) is 0 Å². The third-order valence-corrected chi connectivity index (χ3v) is 4.28.